The molecule has 1 heterocycles. The van der Waals surface area contributed by atoms with Gasteiger partial charge in [0.2, 0.25) is 0 Å². The van der Waals surface area contributed by atoms with E-state index in [2.05, 4.69) is 18.5 Å². The van der Waals surface area contributed by atoms with Crippen LogP contribution in [0.2, 0.25) is 0 Å². The quantitative estimate of drug-likeness (QED) is 0.735. The molecule has 0 aromatic heterocycles. The largest absolute Gasteiger partial charge is 0.306 e. The number of alkyl halides is 1. The molecule has 1 fully saturated rings. The number of rotatable bonds is 4. The van der Waals surface area contributed by atoms with Crippen LogP contribution in [-0.2, 0) is 4.79 Å². The van der Waals surface area contributed by atoms with Crippen LogP contribution in [0, 0.1) is 11.3 Å². The van der Waals surface area contributed by atoms with Gasteiger partial charge in [0, 0.05) is 6.54 Å². The Bertz CT molecular complexity index is 520. The van der Waals surface area contributed by atoms with Gasteiger partial charge in [0.15, 0.2) is 12.0 Å². The second-order valence-electron chi connectivity index (χ2n) is 6.65. The molecule has 3 heteroatoms. The van der Waals surface area contributed by atoms with Crippen LogP contribution in [-0.4, -0.2) is 37.0 Å². The zero-order valence-electron chi connectivity index (χ0n) is 13.6. The fourth-order valence-electron chi connectivity index (χ4n) is 3.76. The van der Waals surface area contributed by atoms with E-state index in [1.807, 2.05) is 37.3 Å². The molecule has 2 rings (SSSR count). The summed E-state index contributed by atoms with van der Waals surface area (Å²) in [5, 5.41) is 0. The van der Waals surface area contributed by atoms with Gasteiger partial charge in [-0.1, -0.05) is 42.5 Å². The summed E-state index contributed by atoms with van der Waals surface area (Å²) >= 11 is 0. The van der Waals surface area contributed by atoms with Crippen molar-refractivity contribution in [3.8, 4) is 0 Å². The summed E-state index contributed by atoms with van der Waals surface area (Å²) in [6, 6.07) is 0. The fraction of sp³-hybridized carbons (Fsp3) is 0.526. The lowest BCUT2D eigenvalue weighted by atomic mass is 9.65. The Morgan fingerprint density at radius 1 is 1.55 bits per heavy atom. The zero-order chi connectivity index (χ0) is 16.2. The second kappa shape index (κ2) is 7.19. The van der Waals surface area contributed by atoms with Crippen LogP contribution in [0.1, 0.15) is 26.2 Å². The number of piperidine rings is 1. The smallest absolute Gasteiger partial charge is 0.189 e. The molecular weight excluding hydrogens is 277 g/mol. The monoisotopic (exact) mass is 303 g/mol. The van der Waals surface area contributed by atoms with Gasteiger partial charge in [0.1, 0.15) is 0 Å². The summed E-state index contributed by atoms with van der Waals surface area (Å²) in [6.45, 7) is 7.90. The number of carbonyl (C=O) groups excluding carboxylic acids is 1. The van der Waals surface area contributed by atoms with Gasteiger partial charge in [0.05, 0.1) is 0 Å². The number of hydrogen-bond acceptors (Lipinski definition) is 2. The lowest BCUT2D eigenvalue weighted by molar-refractivity contribution is -0.120. The SMILES string of the molecule is C=C(/C=C\C=C/C)CC12CC(F)C(=O)C=CC1CCN(C)C2. The number of allylic oxidation sites excluding steroid dienone is 7. The Kier molecular flexibility index (Phi) is 5.52. The molecule has 0 bridgehead atoms. The number of carbonyl (C=O) groups is 1. The Morgan fingerprint density at radius 2 is 2.32 bits per heavy atom. The summed E-state index contributed by atoms with van der Waals surface area (Å²) in [5.74, 6) is -0.133. The molecule has 0 spiro atoms. The number of hydrogen-bond donors (Lipinski definition) is 0. The summed E-state index contributed by atoms with van der Waals surface area (Å²) in [5.41, 5.74) is 0.764. The third-order valence-corrected chi connectivity index (χ3v) is 4.80. The molecule has 0 radical (unpaired) electrons. The second-order valence-corrected chi connectivity index (χ2v) is 6.65. The highest BCUT2D eigenvalue weighted by atomic mass is 19.1. The maximum atomic E-state index is 14.3. The van der Waals surface area contributed by atoms with E-state index in [9.17, 15) is 9.18 Å². The molecule has 2 aliphatic rings. The van der Waals surface area contributed by atoms with Gasteiger partial charge in [-0.3, -0.25) is 4.79 Å². The first-order valence-electron chi connectivity index (χ1n) is 7.98. The normalized spacial score (nSPS) is 33.3. The molecule has 0 saturated carbocycles. The number of fused-ring (bicyclic) bond motifs is 1. The minimum Gasteiger partial charge on any atom is -0.306 e. The van der Waals surface area contributed by atoms with Crippen molar-refractivity contribution in [2.24, 2.45) is 11.3 Å². The average molecular weight is 303 g/mol. The Morgan fingerprint density at radius 3 is 3.05 bits per heavy atom. The zero-order valence-corrected chi connectivity index (χ0v) is 13.6. The highest BCUT2D eigenvalue weighted by Crippen LogP contribution is 2.46. The van der Waals surface area contributed by atoms with Crippen LogP contribution in [0.4, 0.5) is 4.39 Å². The van der Waals surface area contributed by atoms with Gasteiger partial charge in [-0.25, -0.2) is 4.39 Å². The van der Waals surface area contributed by atoms with E-state index in [1.54, 1.807) is 0 Å². The summed E-state index contributed by atoms with van der Waals surface area (Å²) in [6.07, 6.45) is 11.9. The van der Waals surface area contributed by atoms with E-state index in [0.29, 0.717) is 6.42 Å². The van der Waals surface area contributed by atoms with E-state index in [0.717, 1.165) is 31.5 Å². The van der Waals surface area contributed by atoms with E-state index in [-0.39, 0.29) is 17.1 Å². The minimum atomic E-state index is -1.39. The van der Waals surface area contributed by atoms with Crippen molar-refractivity contribution in [2.45, 2.75) is 32.4 Å². The van der Waals surface area contributed by atoms with Gasteiger partial charge in [-0.2, -0.15) is 0 Å². The van der Waals surface area contributed by atoms with Crippen molar-refractivity contribution in [3.05, 3.63) is 48.6 Å². The van der Waals surface area contributed by atoms with Gasteiger partial charge in [-0.05, 0) is 57.2 Å². The minimum absolute atomic E-state index is 0.230. The first-order valence-corrected chi connectivity index (χ1v) is 7.98. The van der Waals surface area contributed by atoms with Crippen LogP contribution in [0.3, 0.4) is 0 Å². The van der Waals surface area contributed by atoms with Crippen molar-refractivity contribution >= 4 is 5.78 Å². The van der Waals surface area contributed by atoms with Crippen LogP contribution < -0.4 is 0 Å². The Balaban J connectivity index is 2.24. The van der Waals surface area contributed by atoms with Crippen LogP contribution in [0.5, 0.6) is 0 Å². The van der Waals surface area contributed by atoms with Crippen LogP contribution >= 0.6 is 0 Å². The van der Waals surface area contributed by atoms with Gasteiger partial charge < -0.3 is 4.90 Å². The van der Waals surface area contributed by atoms with Crippen molar-refractivity contribution in [1.29, 1.82) is 0 Å². The van der Waals surface area contributed by atoms with Crippen molar-refractivity contribution in [3.63, 3.8) is 0 Å². The molecule has 0 amide bonds. The maximum absolute atomic E-state index is 14.3. The molecule has 0 aromatic rings. The van der Waals surface area contributed by atoms with E-state index in [1.165, 1.54) is 6.08 Å². The molecule has 0 aromatic carbocycles. The maximum Gasteiger partial charge on any atom is 0.189 e. The molecule has 1 aliphatic heterocycles. The number of nitrogens with zero attached hydrogens (tertiary/aromatic N) is 1. The molecule has 120 valence electrons. The highest BCUT2D eigenvalue weighted by molar-refractivity contribution is 5.93. The third-order valence-electron chi connectivity index (χ3n) is 4.80. The molecule has 3 atom stereocenters. The lowest BCUT2D eigenvalue weighted by Gasteiger charge is -2.47. The van der Waals surface area contributed by atoms with Gasteiger partial charge in [-0.15, -0.1) is 0 Å². The summed E-state index contributed by atoms with van der Waals surface area (Å²) < 4.78 is 14.3. The lowest BCUT2D eigenvalue weighted by Crippen LogP contribution is -2.48. The van der Waals surface area contributed by atoms with E-state index in [4.69, 9.17) is 0 Å². The predicted octanol–water partition coefficient (Wildman–Crippen LogP) is 3.87. The average Bonchev–Trinajstić information content (AvgIpc) is 2.56. The number of halogens is 1. The molecule has 1 aliphatic carbocycles. The number of likely N-dealkylation sites (tertiary alicyclic amines) is 1. The summed E-state index contributed by atoms with van der Waals surface area (Å²) in [4.78, 5) is 14.0. The van der Waals surface area contributed by atoms with Gasteiger partial charge in [0.25, 0.3) is 0 Å². The van der Waals surface area contributed by atoms with Gasteiger partial charge >= 0.3 is 0 Å². The van der Waals surface area contributed by atoms with E-state index < -0.39 is 6.17 Å². The van der Waals surface area contributed by atoms with Crippen molar-refractivity contribution < 1.29 is 9.18 Å². The highest BCUT2D eigenvalue weighted by Gasteiger charge is 2.45. The predicted molar refractivity (Wildman–Crippen MR) is 89.4 cm³/mol. The number of ketones is 1. The fourth-order valence-corrected chi connectivity index (χ4v) is 3.76. The van der Waals surface area contributed by atoms with Crippen LogP contribution in [0.25, 0.3) is 0 Å². The molecular formula is C19H26FNO. The van der Waals surface area contributed by atoms with Crippen LogP contribution in [0.15, 0.2) is 48.6 Å². The molecule has 22 heavy (non-hydrogen) atoms. The van der Waals surface area contributed by atoms with E-state index >= 15 is 0 Å². The molecule has 3 unspecified atom stereocenters. The standard InChI is InChI=1S/C19H26FNO/c1-4-5-6-7-15(2)12-19-13-17(20)18(22)9-8-16(19)10-11-21(3)14-19/h4-9,16-17H,2,10-14H2,1,3H3/b5-4-,7-6-. The first kappa shape index (κ1) is 16.9. The molecule has 1 saturated heterocycles. The molecule has 2 nitrogen and oxygen atoms in total. The Labute approximate surface area is 133 Å². The van der Waals surface area contributed by atoms with Crippen molar-refractivity contribution in [1.82, 2.24) is 4.90 Å². The third kappa shape index (κ3) is 3.83. The Hall–Kier alpha value is -1.48. The topological polar surface area (TPSA) is 20.3 Å². The molecule has 0 N–H and O–H groups in total. The van der Waals surface area contributed by atoms with Crippen molar-refractivity contribution in [2.75, 3.05) is 20.1 Å². The first-order chi connectivity index (χ1) is 10.5. The summed E-state index contributed by atoms with van der Waals surface area (Å²) in [7, 11) is 2.07.